The maximum Gasteiger partial charge on any atom is 0.352 e. The lowest BCUT2D eigenvalue weighted by Gasteiger charge is -2.30. The first-order valence-corrected chi connectivity index (χ1v) is 25.8. The molecular formula is C49H82N16O11. The van der Waals surface area contributed by atoms with E-state index in [0.29, 0.717) is 44.2 Å². The van der Waals surface area contributed by atoms with E-state index in [2.05, 4.69) is 47.5 Å². The summed E-state index contributed by atoms with van der Waals surface area (Å²) in [4.78, 5) is 127. The van der Waals surface area contributed by atoms with Gasteiger partial charge in [-0.1, -0.05) is 36.8 Å². The lowest BCUT2D eigenvalue weighted by Crippen LogP contribution is -2.60. The molecule has 1 saturated heterocycles. The first-order valence-electron chi connectivity index (χ1n) is 25.8. The maximum atomic E-state index is 14.4. The molecule has 3 heterocycles. The van der Waals surface area contributed by atoms with Crippen LogP contribution in [0, 0.1) is 0 Å². The van der Waals surface area contributed by atoms with E-state index < -0.39 is 126 Å². The van der Waals surface area contributed by atoms with Gasteiger partial charge in [0.1, 0.15) is 41.9 Å². The number of rotatable bonds is 25. The highest BCUT2D eigenvalue weighted by Gasteiger charge is 2.40. The van der Waals surface area contributed by atoms with Crippen molar-refractivity contribution in [1.29, 1.82) is 0 Å². The molecule has 22 N–H and O–H groups in total. The Morgan fingerprint density at radius 1 is 0.868 bits per heavy atom. The lowest BCUT2D eigenvalue weighted by molar-refractivity contribution is -0.142. The van der Waals surface area contributed by atoms with Crippen LogP contribution in [0.2, 0.25) is 0 Å². The Bertz CT molecular complexity index is 2210. The summed E-state index contributed by atoms with van der Waals surface area (Å²) in [5.74, 6) is -7.52. The Morgan fingerprint density at radius 3 is 2.18 bits per heavy atom. The van der Waals surface area contributed by atoms with Crippen LogP contribution in [-0.2, 0) is 55.1 Å². The van der Waals surface area contributed by atoms with Gasteiger partial charge < -0.3 is 92.0 Å². The number of carboxylic acid groups (broad SMARTS) is 1. The molecule has 3 aliphatic rings. The Morgan fingerprint density at radius 2 is 1.54 bits per heavy atom. The molecule has 424 valence electrons. The van der Waals surface area contributed by atoms with E-state index in [1.807, 2.05) is 26.0 Å². The molecule has 2 bridgehead atoms. The van der Waals surface area contributed by atoms with Crippen LogP contribution in [0.5, 0.6) is 0 Å². The highest BCUT2D eigenvalue weighted by Crippen LogP contribution is 2.23. The van der Waals surface area contributed by atoms with Crippen LogP contribution in [0.3, 0.4) is 0 Å². The van der Waals surface area contributed by atoms with E-state index in [-0.39, 0.29) is 77.1 Å². The maximum absolute atomic E-state index is 14.4. The van der Waals surface area contributed by atoms with E-state index in [9.17, 15) is 53.4 Å². The fourth-order valence-corrected chi connectivity index (χ4v) is 8.43. The highest BCUT2D eigenvalue weighted by molar-refractivity contribution is 5.99. The molecule has 8 atom stereocenters. The van der Waals surface area contributed by atoms with Gasteiger partial charge in [-0.3, -0.25) is 43.3 Å². The van der Waals surface area contributed by atoms with Gasteiger partial charge in [0.25, 0.3) is 0 Å². The van der Waals surface area contributed by atoms with Gasteiger partial charge in [-0.05, 0) is 116 Å². The van der Waals surface area contributed by atoms with Crippen molar-refractivity contribution in [1.82, 2.24) is 47.4 Å². The summed E-state index contributed by atoms with van der Waals surface area (Å²) in [6.45, 7) is 5.03. The van der Waals surface area contributed by atoms with Crippen molar-refractivity contribution in [3.8, 4) is 0 Å². The number of nitrogens with zero attached hydrogens (tertiary/aromatic N) is 2. The molecule has 0 saturated carbocycles. The number of benzene rings is 1. The largest absolute Gasteiger partial charge is 0.477 e. The van der Waals surface area contributed by atoms with Crippen LogP contribution in [0.1, 0.15) is 103 Å². The molecule has 27 heteroatoms. The summed E-state index contributed by atoms with van der Waals surface area (Å²) in [5.41, 5.74) is 35.0. The van der Waals surface area contributed by atoms with Gasteiger partial charge in [-0.2, -0.15) is 0 Å². The monoisotopic (exact) mass is 1070 g/mol. The number of guanidine groups is 1. The molecule has 8 amide bonds. The number of aliphatic hydroxyl groups is 1. The van der Waals surface area contributed by atoms with Gasteiger partial charge in [-0.25, -0.2) is 4.79 Å². The summed E-state index contributed by atoms with van der Waals surface area (Å²) in [6, 6.07) is -1.55. The first-order chi connectivity index (χ1) is 36.1. The number of aliphatic imine (C=N–C) groups is 1. The zero-order valence-electron chi connectivity index (χ0n) is 43.9. The molecule has 27 nitrogen and oxygen atoms in total. The zero-order valence-corrected chi connectivity index (χ0v) is 43.9. The fourth-order valence-electron chi connectivity index (χ4n) is 8.43. The smallest absolute Gasteiger partial charge is 0.352 e. The minimum atomic E-state index is -1.56. The average Bonchev–Trinajstić information content (AvgIpc) is 3.88. The van der Waals surface area contributed by atoms with Crippen molar-refractivity contribution in [3.05, 3.63) is 47.2 Å². The predicted octanol–water partition coefficient (Wildman–Crippen LogP) is -4.95. The molecule has 1 aromatic carbocycles. The average molecular weight is 1070 g/mol. The summed E-state index contributed by atoms with van der Waals surface area (Å²) in [6.07, 6.45) is 3.08. The first kappa shape index (κ1) is 63.5. The van der Waals surface area contributed by atoms with E-state index in [4.69, 9.17) is 34.4 Å². The quantitative estimate of drug-likeness (QED) is 0.0408. The minimum Gasteiger partial charge on any atom is -0.477 e. The lowest BCUT2D eigenvalue weighted by atomic mass is 9.92. The third kappa shape index (κ3) is 20.4. The summed E-state index contributed by atoms with van der Waals surface area (Å²) in [7, 11) is 0. The van der Waals surface area contributed by atoms with E-state index in [1.165, 1.54) is 17.9 Å². The Labute approximate surface area is 443 Å². The second kappa shape index (κ2) is 32.0. The number of carbonyl (C=O) groups is 9. The number of hydrogen-bond donors (Lipinski definition) is 16. The molecule has 1 aromatic rings. The van der Waals surface area contributed by atoms with Gasteiger partial charge in [0.05, 0.1) is 24.2 Å². The number of amides is 8. The van der Waals surface area contributed by atoms with Gasteiger partial charge in [-0.15, -0.1) is 0 Å². The number of aliphatic hydroxyl groups excluding tert-OH is 1. The molecule has 2 unspecified atom stereocenters. The molecule has 1 fully saturated rings. The van der Waals surface area contributed by atoms with Crippen LogP contribution < -0.4 is 76.9 Å². The van der Waals surface area contributed by atoms with Gasteiger partial charge >= 0.3 is 5.97 Å². The van der Waals surface area contributed by atoms with Crippen LogP contribution in [-0.4, -0.2) is 169 Å². The third-order valence-electron chi connectivity index (χ3n) is 12.9. The Balaban J connectivity index is 1.82. The standard InChI is InChI=1S/C49H82N16O11/c1-28(58-45(73)39(37(66)26-53)63-41(69)31(54)11-4-6-20-50)40(68)57-27-38(67)59-33(13-8-22-52)46(74)65-24-10-15-36(65)44(72)62-35-25-29-16-18-30(19-17-29)49(2,3)64-48(55)56-23-9-14-34(47(75)76)61-42(70)32(60-43(35)71)12-5-7-21-51/h14,16-19,28,31-33,35-37,39,66H,4-13,15,20-27,50-54H2,1-3H3,(H,57,68)(H,58,73)(H,59,67)(H,60,71)(H,61,70)(H,62,72)(H,63,69)(H,75,76)(H3,55,56,64)/b34-14-/t28?,31?,32-,33+,35-,36-,37-,39-/m0/s1. The molecule has 76 heavy (non-hydrogen) atoms. The number of carboxylic acids is 1. The van der Waals surface area contributed by atoms with Crippen molar-refractivity contribution in [3.63, 3.8) is 0 Å². The SMILES string of the molecule is CC(NC(=O)[C@@H](NC(=O)C(N)CCCCN)[C@@H](O)CN)C(=O)NCC(=O)N[C@H](CCCN)C(=O)N1CCC[C@H]1C(=O)N[C@H]1Cc2ccc(cc2)C(C)(C)NC(N)=NCC/C=C(/C(=O)O)NC(=O)[C@H](CCCCN)NC1=O. The second-order valence-electron chi connectivity index (χ2n) is 19.4. The van der Waals surface area contributed by atoms with Crippen LogP contribution in [0.15, 0.2) is 41.0 Å². The molecule has 4 rings (SSSR count). The number of nitrogens with two attached hydrogens (primary N) is 6. The van der Waals surface area contributed by atoms with E-state index in [1.54, 1.807) is 12.1 Å². The number of aliphatic carboxylic acids is 1. The van der Waals surface area contributed by atoms with Crippen molar-refractivity contribution in [2.24, 2.45) is 39.4 Å². The molecule has 0 radical (unpaired) electrons. The normalized spacial score (nSPS) is 20.9. The second-order valence-corrected chi connectivity index (χ2v) is 19.4. The predicted molar refractivity (Wildman–Crippen MR) is 281 cm³/mol. The van der Waals surface area contributed by atoms with E-state index in [0.717, 1.165) is 5.56 Å². The minimum absolute atomic E-state index is 0.0543. The number of fused-ring (bicyclic) bond motifs is 14. The van der Waals surface area contributed by atoms with Gasteiger partial charge in [0.2, 0.25) is 47.3 Å². The zero-order chi connectivity index (χ0) is 56.5. The molecule has 3 aliphatic heterocycles. The van der Waals surface area contributed by atoms with Crippen LogP contribution in [0.25, 0.3) is 0 Å². The molecular weight excluding hydrogens is 989 g/mol. The Kier molecular flexibility index (Phi) is 26.7. The van der Waals surface area contributed by atoms with E-state index >= 15 is 0 Å². The number of hydrogen-bond acceptors (Lipinski definition) is 18. The number of carbonyl (C=O) groups excluding carboxylic acids is 8. The van der Waals surface area contributed by atoms with Gasteiger partial charge in [0.15, 0.2) is 5.96 Å². The van der Waals surface area contributed by atoms with Crippen molar-refractivity contribution in [2.45, 2.75) is 152 Å². The van der Waals surface area contributed by atoms with Gasteiger partial charge in [0, 0.05) is 26.1 Å². The summed E-state index contributed by atoms with van der Waals surface area (Å²) >= 11 is 0. The number of likely N-dealkylation sites (tertiary alicyclic amines) is 1. The van der Waals surface area contributed by atoms with Crippen LogP contribution in [0.4, 0.5) is 0 Å². The van der Waals surface area contributed by atoms with Crippen molar-refractivity contribution >= 4 is 59.2 Å². The molecule has 0 aliphatic carbocycles. The summed E-state index contributed by atoms with van der Waals surface area (Å²) < 4.78 is 0. The van der Waals surface area contributed by atoms with Crippen molar-refractivity contribution in [2.75, 3.05) is 45.8 Å². The number of unbranched alkanes of at least 4 members (excludes halogenated alkanes) is 2. The van der Waals surface area contributed by atoms with Crippen LogP contribution >= 0.6 is 0 Å². The van der Waals surface area contributed by atoms with Crippen molar-refractivity contribution < 1.29 is 53.4 Å². The number of nitrogens with one attached hydrogen (secondary N) is 8. The molecule has 0 spiro atoms. The fraction of sp³-hybridized carbons (Fsp3) is 0.633. The highest BCUT2D eigenvalue weighted by atomic mass is 16.4. The molecule has 0 aromatic heterocycles. The third-order valence-corrected chi connectivity index (χ3v) is 12.9. The summed E-state index contributed by atoms with van der Waals surface area (Å²) in [5, 5.41) is 41.2. The Hall–Kier alpha value is -6.78. The topological polar surface area (TPSA) is 462 Å².